The fraction of sp³-hybridized carbons (Fsp3) is 0.143. The number of rotatable bonds is 4. The molecule has 1 heterocycles. The van der Waals surface area contributed by atoms with Gasteiger partial charge in [-0.2, -0.15) is 5.26 Å². The predicted molar refractivity (Wildman–Crippen MR) is 79.1 cm³/mol. The number of benzene rings is 1. The molecule has 112 valence electrons. The minimum Gasteiger partial charge on any atom is -0.456 e. The zero-order chi connectivity index (χ0) is 16.1. The monoisotopic (exact) mass is 337 g/mol. The maximum atomic E-state index is 13.7. The van der Waals surface area contributed by atoms with Gasteiger partial charge in [-0.15, -0.1) is 0 Å². The van der Waals surface area contributed by atoms with Crippen LogP contribution in [0.5, 0.6) is 0 Å². The second kappa shape index (κ2) is 7.20. The van der Waals surface area contributed by atoms with E-state index in [2.05, 4.69) is 9.97 Å². The summed E-state index contributed by atoms with van der Waals surface area (Å²) in [5.41, 5.74) is 0.272. The van der Waals surface area contributed by atoms with Crippen LogP contribution in [0.2, 0.25) is 5.02 Å². The van der Waals surface area contributed by atoms with Gasteiger partial charge in [0, 0.05) is 5.56 Å². The number of carbonyl (C=O) groups excluding carboxylic acids is 1. The van der Waals surface area contributed by atoms with Crippen molar-refractivity contribution in [2.24, 2.45) is 0 Å². The van der Waals surface area contributed by atoms with Crippen LogP contribution in [0.3, 0.4) is 0 Å². The van der Waals surface area contributed by atoms with Crippen molar-refractivity contribution in [3.05, 3.63) is 52.1 Å². The Balaban J connectivity index is 2.12. The molecule has 0 aliphatic rings. The zero-order valence-corrected chi connectivity index (χ0v) is 12.9. The van der Waals surface area contributed by atoms with Crippen molar-refractivity contribution < 1.29 is 13.9 Å². The van der Waals surface area contributed by atoms with Crippen molar-refractivity contribution in [1.29, 1.82) is 5.26 Å². The Kier molecular flexibility index (Phi) is 5.31. The number of halogens is 2. The number of hydrogen-bond acceptors (Lipinski definition) is 6. The fourth-order valence-corrected chi connectivity index (χ4v) is 2.05. The molecule has 5 nitrogen and oxygen atoms in total. The van der Waals surface area contributed by atoms with Gasteiger partial charge in [0.25, 0.3) is 0 Å². The highest BCUT2D eigenvalue weighted by molar-refractivity contribution is 7.98. The molecule has 1 aromatic carbocycles. The molecule has 0 saturated heterocycles. The fourth-order valence-electron chi connectivity index (χ4n) is 1.54. The van der Waals surface area contributed by atoms with E-state index in [1.54, 1.807) is 6.26 Å². The Labute approximate surface area is 135 Å². The summed E-state index contributed by atoms with van der Waals surface area (Å²) in [4.78, 5) is 19.8. The third-order valence-electron chi connectivity index (χ3n) is 2.64. The molecule has 0 aliphatic carbocycles. The summed E-state index contributed by atoms with van der Waals surface area (Å²) in [7, 11) is 0. The van der Waals surface area contributed by atoms with Crippen LogP contribution in [0.4, 0.5) is 4.39 Å². The van der Waals surface area contributed by atoms with Gasteiger partial charge in [0.05, 0.1) is 22.9 Å². The lowest BCUT2D eigenvalue weighted by molar-refractivity contribution is 0.0461. The van der Waals surface area contributed by atoms with Crippen LogP contribution >= 0.6 is 23.4 Å². The average molecular weight is 338 g/mol. The molecule has 0 spiro atoms. The summed E-state index contributed by atoms with van der Waals surface area (Å²) < 4.78 is 18.7. The molecule has 0 bridgehead atoms. The summed E-state index contributed by atoms with van der Waals surface area (Å²) in [6, 6.07) is 5.72. The summed E-state index contributed by atoms with van der Waals surface area (Å²) in [5.74, 6) is -1.39. The molecular formula is C14H9ClFN3O2S. The summed E-state index contributed by atoms with van der Waals surface area (Å²) in [5, 5.41) is 9.10. The van der Waals surface area contributed by atoms with Crippen molar-refractivity contribution in [2.45, 2.75) is 11.8 Å². The Hall–Kier alpha value is -2.17. The number of esters is 1. The first kappa shape index (κ1) is 16.2. The second-order valence-corrected chi connectivity index (χ2v) is 5.23. The van der Waals surface area contributed by atoms with Crippen molar-refractivity contribution in [1.82, 2.24) is 9.97 Å². The van der Waals surface area contributed by atoms with E-state index in [-0.39, 0.29) is 28.5 Å². The van der Waals surface area contributed by atoms with Gasteiger partial charge in [0.2, 0.25) is 0 Å². The maximum Gasteiger partial charge on any atom is 0.358 e. The van der Waals surface area contributed by atoms with E-state index in [4.69, 9.17) is 21.6 Å². The van der Waals surface area contributed by atoms with Gasteiger partial charge in [-0.25, -0.2) is 19.2 Å². The lowest BCUT2D eigenvalue weighted by Gasteiger charge is -2.07. The highest BCUT2D eigenvalue weighted by Crippen LogP contribution is 2.18. The molecular weight excluding hydrogens is 329 g/mol. The van der Waals surface area contributed by atoms with Crippen molar-refractivity contribution in [3.63, 3.8) is 0 Å². The summed E-state index contributed by atoms with van der Waals surface area (Å²) in [6.45, 7) is -0.286. The van der Waals surface area contributed by atoms with Crippen molar-refractivity contribution in [2.75, 3.05) is 6.26 Å². The quantitative estimate of drug-likeness (QED) is 0.484. The summed E-state index contributed by atoms with van der Waals surface area (Å²) >= 11 is 7.11. The van der Waals surface area contributed by atoms with Crippen LogP contribution in [-0.2, 0) is 11.3 Å². The maximum absolute atomic E-state index is 13.7. The van der Waals surface area contributed by atoms with E-state index >= 15 is 0 Å². The Morgan fingerprint density at radius 2 is 2.32 bits per heavy atom. The minimum absolute atomic E-state index is 0.0584. The van der Waals surface area contributed by atoms with Gasteiger partial charge in [-0.3, -0.25) is 0 Å². The third kappa shape index (κ3) is 3.72. The molecule has 0 fully saturated rings. The van der Waals surface area contributed by atoms with Crippen LogP contribution in [-0.4, -0.2) is 22.2 Å². The average Bonchev–Trinajstić information content (AvgIpc) is 2.53. The largest absolute Gasteiger partial charge is 0.456 e. The number of ether oxygens (including phenoxy) is 1. The van der Waals surface area contributed by atoms with E-state index in [1.165, 1.54) is 30.1 Å². The molecule has 0 saturated carbocycles. The molecule has 22 heavy (non-hydrogen) atoms. The predicted octanol–water partition coefficient (Wildman–Crippen LogP) is 3.22. The minimum atomic E-state index is -0.772. The third-order valence-corrected chi connectivity index (χ3v) is 3.48. The Morgan fingerprint density at radius 1 is 1.55 bits per heavy atom. The van der Waals surface area contributed by atoms with Gasteiger partial charge in [0.15, 0.2) is 10.9 Å². The molecule has 2 rings (SSSR count). The molecule has 8 heteroatoms. The van der Waals surface area contributed by atoms with Gasteiger partial charge >= 0.3 is 5.97 Å². The van der Waals surface area contributed by atoms with E-state index in [0.29, 0.717) is 5.16 Å². The molecule has 0 unspecified atom stereocenters. The molecule has 2 aromatic rings. The smallest absolute Gasteiger partial charge is 0.358 e. The lowest BCUT2D eigenvalue weighted by atomic mass is 10.1. The van der Waals surface area contributed by atoms with Gasteiger partial charge in [-0.05, 0) is 18.4 Å². The molecule has 0 amide bonds. The van der Waals surface area contributed by atoms with E-state index in [9.17, 15) is 9.18 Å². The first-order valence-corrected chi connectivity index (χ1v) is 7.57. The lowest BCUT2D eigenvalue weighted by Crippen LogP contribution is -2.10. The van der Waals surface area contributed by atoms with Crippen LogP contribution < -0.4 is 0 Å². The van der Waals surface area contributed by atoms with Gasteiger partial charge in [-0.1, -0.05) is 29.4 Å². The molecule has 0 aliphatic heterocycles. The first-order chi connectivity index (χ1) is 10.5. The topological polar surface area (TPSA) is 75.9 Å². The van der Waals surface area contributed by atoms with Crippen LogP contribution in [0, 0.1) is 17.1 Å². The number of aromatic nitrogens is 2. The van der Waals surface area contributed by atoms with Crippen molar-refractivity contribution >= 4 is 29.3 Å². The second-order valence-electron chi connectivity index (χ2n) is 4.05. The standard InChI is InChI=1S/C14H9ClFN3O2S/c1-22-14-18-6-10(15)12(19-14)13(20)21-7-9-3-2-8(5-17)4-11(9)16/h2-4,6H,7H2,1H3. The number of thioether (sulfide) groups is 1. The highest BCUT2D eigenvalue weighted by atomic mass is 35.5. The Morgan fingerprint density at radius 3 is 2.95 bits per heavy atom. The van der Waals surface area contributed by atoms with E-state index in [0.717, 1.165) is 6.07 Å². The normalized spacial score (nSPS) is 10.1. The van der Waals surface area contributed by atoms with Crippen LogP contribution in [0.15, 0.2) is 29.6 Å². The van der Waals surface area contributed by atoms with E-state index < -0.39 is 11.8 Å². The highest BCUT2D eigenvalue weighted by Gasteiger charge is 2.16. The first-order valence-electron chi connectivity index (χ1n) is 5.97. The molecule has 1 aromatic heterocycles. The van der Waals surface area contributed by atoms with E-state index in [1.807, 2.05) is 6.07 Å². The number of carbonyl (C=O) groups is 1. The summed E-state index contributed by atoms with van der Waals surface area (Å²) in [6.07, 6.45) is 3.06. The number of nitriles is 1. The number of nitrogens with zero attached hydrogens (tertiary/aromatic N) is 3. The number of hydrogen-bond donors (Lipinski definition) is 0. The van der Waals surface area contributed by atoms with Gasteiger partial charge < -0.3 is 4.74 Å². The molecule has 0 atom stereocenters. The van der Waals surface area contributed by atoms with Crippen LogP contribution in [0.1, 0.15) is 21.6 Å². The molecule has 0 N–H and O–H groups in total. The van der Waals surface area contributed by atoms with Crippen LogP contribution in [0.25, 0.3) is 0 Å². The Bertz CT molecular complexity index is 764. The van der Waals surface area contributed by atoms with Crippen molar-refractivity contribution in [3.8, 4) is 6.07 Å². The zero-order valence-electron chi connectivity index (χ0n) is 11.3. The molecule has 0 radical (unpaired) electrons. The van der Waals surface area contributed by atoms with Gasteiger partial charge in [0.1, 0.15) is 12.4 Å². The SMILES string of the molecule is CSc1ncc(Cl)c(C(=O)OCc2ccc(C#N)cc2F)n1.